The minimum atomic E-state index is -0.795. The molecule has 2 rings (SSSR count). The van der Waals surface area contributed by atoms with E-state index in [0.29, 0.717) is 12.8 Å². The van der Waals surface area contributed by atoms with E-state index in [9.17, 15) is 15.0 Å². The second kappa shape index (κ2) is 61.1. The molecule has 2 saturated carbocycles. The number of rotatable bonds is 71. The summed E-state index contributed by atoms with van der Waals surface area (Å²) in [5.74, 6) is 2.99. The fraction of sp³-hybridized carbons (Fsp3) is 0.987. The molecule has 3 nitrogen and oxygen atoms in total. The minimum Gasteiger partial charge on any atom is -0.481 e. The zero-order valence-corrected chi connectivity index (χ0v) is 56.1. The van der Waals surface area contributed by atoms with Gasteiger partial charge in [0.25, 0.3) is 0 Å². The lowest BCUT2D eigenvalue weighted by Gasteiger charge is -2.19. The van der Waals surface area contributed by atoms with Crippen LogP contribution in [0.5, 0.6) is 0 Å². The van der Waals surface area contributed by atoms with Crippen molar-refractivity contribution in [2.24, 2.45) is 29.6 Å². The molecule has 0 radical (unpaired) electrons. The average molecular weight is 1140 g/mol. The lowest BCUT2D eigenvalue weighted by atomic mass is 9.91. The number of carbonyl (C=O) groups is 1. The lowest BCUT2D eigenvalue weighted by Crippen LogP contribution is -2.28. The molecular formula is C78H152O3. The molecule has 0 amide bonds. The largest absolute Gasteiger partial charge is 0.481 e. The van der Waals surface area contributed by atoms with Crippen LogP contribution in [0.4, 0.5) is 0 Å². The SMILES string of the molecule is CCCCCCCCCCCCCCCCCCCCCCCC[C@@H](C(=O)O)[C@H](O)CCCCCCCCCCC[C@H]1CC1CCCCCCCCCCCCCC[C@H]1C[C@H]1CCCCCCCCCCCCCCCCCCCC. The zero-order valence-electron chi connectivity index (χ0n) is 56.1. The molecular weight excluding hydrogens is 985 g/mol. The summed E-state index contributed by atoms with van der Waals surface area (Å²) >= 11 is 0. The Balaban J connectivity index is 1.20. The van der Waals surface area contributed by atoms with Crippen molar-refractivity contribution < 1.29 is 15.0 Å². The van der Waals surface area contributed by atoms with Crippen LogP contribution in [0.15, 0.2) is 0 Å². The summed E-state index contributed by atoms with van der Waals surface area (Å²) in [4.78, 5) is 12.0. The van der Waals surface area contributed by atoms with Crippen molar-refractivity contribution in [3.63, 3.8) is 0 Å². The van der Waals surface area contributed by atoms with Crippen LogP contribution in [0.2, 0.25) is 0 Å². The predicted octanol–water partition coefficient (Wildman–Crippen LogP) is 27.5. The van der Waals surface area contributed by atoms with Crippen molar-refractivity contribution in [1.29, 1.82) is 0 Å². The van der Waals surface area contributed by atoms with Gasteiger partial charge in [-0.15, -0.1) is 0 Å². The highest BCUT2D eigenvalue weighted by Gasteiger charge is 2.36. The summed E-state index contributed by atoms with van der Waals surface area (Å²) in [6.07, 6.45) is 96.0. The molecule has 2 fully saturated rings. The van der Waals surface area contributed by atoms with Gasteiger partial charge in [-0.3, -0.25) is 4.79 Å². The van der Waals surface area contributed by atoms with Crippen molar-refractivity contribution in [2.45, 2.75) is 463 Å². The van der Waals surface area contributed by atoms with Crippen LogP contribution < -0.4 is 0 Å². The van der Waals surface area contributed by atoms with Crippen molar-refractivity contribution in [1.82, 2.24) is 0 Å². The fourth-order valence-corrected chi connectivity index (χ4v) is 14.6. The normalized spacial score (nSPS) is 17.6. The summed E-state index contributed by atoms with van der Waals surface area (Å²) in [5.41, 5.74) is 0. The predicted molar refractivity (Wildman–Crippen MR) is 361 cm³/mol. The lowest BCUT2D eigenvalue weighted by molar-refractivity contribution is -0.146. The molecule has 0 saturated heterocycles. The maximum atomic E-state index is 12.0. The van der Waals surface area contributed by atoms with E-state index in [0.717, 1.165) is 49.4 Å². The van der Waals surface area contributed by atoms with Gasteiger partial charge in [0.1, 0.15) is 0 Å². The Morgan fingerprint density at radius 2 is 0.420 bits per heavy atom. The molecule has 2 N–H and O–H groups in total. The highest BCUT2D eigenvalue weighted by atomic mass is 16.4. The molecule has 2 aliphatic carbocycles. The van der Waals surface area contributed by atoms with Gasteiger partial charge in [0.2, 0.25) is 0 Å². The van der Waals surface area contributed by atoms with Crippen LogP contribution in [-0.4, -0.2) is 22.3 Å². The Morgan fingerprint density at radius 3 is 0.605 bits per heavy atom. The summed E-state index contributed by atoms with van der Waals surface area (Å²) in [6, 6.07) is 0. The zero-order chi connectivity index (χ0) is 57.8. The topological polar surface area (TPSA) is 57.5 Å². The number of hydrogen-bond donors (Lipinski definition) is 2. The molecule has 0 spiro atoms. The van der Waals surface area contributed by atoms with Crippen molar-refractivity contribution in [3.05, 3.63) is 0 Å². The molecule has 1 unspecified atom stereocenters. The molecule has 81 heavy (non-hydrogen) atoms. The van der Waals surface area contributed by atoms with Crippen LogP contribution in [0.25, 0.3) is 0 Å². The molecule has 0 aromatic rings. The first kappa shape index (κ1) is 76.5. The molecule has 0 aromatic heterocycles. The third-order valence-electron chi connectivity index (χ3n) is 20.7. The number of aliphatic hydroxyl groups is 1. The fourth-order valence-electron chi connectivity index (χ4n) is 14.6. The number of unbranched alkanes of at least 4 members (excludes halogenated alkanes) is 57. The van der Waals surface area contributed by atoms with Gasteiger partial charge >= 0.3 is 5.97 Å². The standard InChI is InChI=1S/C78H152O3/c1-3-5-7-9-11-13-15-17-19-21-23-24-25-26-28-30-32-38-44-50-56-62-68-76(78(80)81)77(79)69-63-57-51-45-39-43-49-55-61-67-75-71-74(75)66-60-54-48-42-37-34-33-36-41-47-53-59-65-73-70-72(73)64-58-52-46-40-35-31-29-27-22-20-18-16-14-12-10-8-6-4-2/h72-77,79H,3-71H2,1-2H3,(H,80,81)/t72-,73+,74?,75+,76-,77-/m1/s1. The summed E-state index contributed by atoms with van der Waals surface area (Å²) in [5, 5.41) is 20.6. The first-order valence-electron chi connectivity index (χ1n) is 39.0. The quantitative estimate of drug-likeness (QED) is 0.0597. The summed E-state index contributed by atoms with van der Waals surface area (Å²) in [7, 11) is 0. The highest BCUT2D eigenvalue weighted by Crippen LogP contribution is 2.47. The van der Waals surface area contributed by atoms with Crippen molar-refractivity contribution in [3.8, 4) is 0 Å². The first-order valence-corrected chi connectivity index (χ1v) is 39.0. The van der Waals surface area contributed by atoms with Gasteiger partial charge in [0.05, 0.1) is 12.0 Å². The number of hydrogen-bond acceptors (Lipinski definition) is 2. The van der Waals surface area contributed by atoms with Crippen LogP contribution in [0, 0.1) is 29.6 Å². The van der Waals surface area contributed by atoms with E-state index < -0.39 is 18.0 Å². The molecule has 3 heteroatoms. The third-order valence-corrected chi connectivity index (χ3v) is 20.7. The number of aliphatic carboxylic acids is 1. The highest BCUT2D eigenvalue weighted by molar-refractivity contribution is 5.70. The van der Waals surface area contributed by atoms with E-state index in [4.69, 9.17) is 0 Å². The Hall–Kier alpha value is -0.570. The van der Waals surface area contributed by atoms with Gasteiger partial charge < -0.3 is 10.2 Å². The van der Waals surface area contributed by atoms with Crippen LogP contribution in [-0.2, 0) is 4.79 Å². The number of aliphatic hydroxyl groups excluding tert-OH is 1. The van der Waals surface area contributed by atoms with E-state index in [1.807, 2.05) is 0 Å². The molecule has 0 heterocycles. The molecule has 6 atom stereocenters. The molecule has 0 aliphatic heterocycles. The maximum Gasteiger partial charge on any atom is 0.309 e. The Kier molecular flexibility index (Phi) is 57.7. The second-order valence-electron chi connectivity index (χ2n) is 28.6. The van der Waals surface area contributed by atoms with Gasteiger partial charge in [0, 0.05) is 0 Å². The minimum absolute atomic E-state index is 0.580. The van der Waals surface area contributed by atoms with Crippen molar-refractivity contribution >= 4 is 5.97 Å². The van der Waals surface area contributed by atoms with Gasteiger partial charge in [-0.25, -0.2) is 0 Å². The summed E-state index contributed by atoms with van der Waals surface area (Å²) < 4.78 is 0. The Morgan fingerprint density at radius 1 is 0.259 bits per heavy atom. The van der Waals surface area contributed by atoms with Crippen molar-refractivity contribution in [2.75, 3.05) is 0 Å². The van der Waals surface area contributed by atoms with Gasteiger partial charge in [-0.05, 0) is 49.4 Å². The van der Waals surface area contributed by atoms with E-state index in [1.165, 1.54) is 385 Å². The first-order chi connectivity index (χ1) is 40.1. The Labute approximate surface area is 511 Å². The third kappa shape index (κ3) is 53.4. The van der Waals surface area contributed by atoms with Crippen LogP contribution >= 0.6 is 0 Å². The average Bonchev–Trinajstić information content (AvgIpc) is 4.43. The second-order valence-corrected chi connectivity index (χ2v) is 28.6. The molecule has 0 aromatic carbocycles. The van der Waals surface area contributed by atoms with Crippen LogP contribution in [0.3, 0.4) is 0 Å². The van der Waals surface area contributed by atoms with Gasteiger partial charge in [-0.2, -0.15) is 0 Å². The van der Waals surface area contributed by atoms with Gasteiger partial charge in [-0.1, -0.05) is 431 Å². The smallest absolute Gasteiger partial charge is 0.309 e. The van der Waals surface area contributed by atoms with E-state index in [2.05, 4.69) is 13.8 Å². The van der Waals surface area contributed by atoms with E-state index in [1.54, 1.807) is 19.3 Å². The van der Waals surface area contributed by atoms with Crippen LogP contribution in [0.1, 0.15) is 457 Å². The molecule has 0 bridgehead atoms. The van der Waals surface area contributed by atoms with E-state index >= 15 is 0 Å². The number of carboxylic acids is 1. The monoisotopic (exact) mass is 1140 g/mol. The number of carboxylic acid groups (broad SMARTS) is 1. The summed E-state index contributed by atoms with van der Waals surface area (Å²) in [6.45, 7) is 4.61. The Bertz CT molecular complexity index is 1230. The maximum absolute atomic E-state index is 12.0. The van der Waals surface area contributed by atoms with Gasteiger partial charge in [0.15, 0.2) is 0 Å². The van der Waals surface area contributed by atoms with E-state index in [-0.39, 0.29) is 0 Å². The molecule has 2 aliphatic rings. The molecule has 482 valence electrons.